The maximum atomic E-state index is 10.7. The van der Waals surface area contributed by atoms with Crippen molar-refractivity contribution in [2.24, 2.45) is 0 Å². The second-order valence-corrected chi connectivity index (χ2v) is 2.51. The number of carbonyl (C=O) groups is 1. The van der Waals surface area contributed by atoms with Crippen molar-refractivity contribution in [3.8, 4) is 0 Å². The van der Waals surface area contributed by atoms with Crippen LogP contribution in [-0.2, 0) is 4.79 Å². The summed E-state index contributed by atoms with van der Waals surface area (Å²) in [4.78, 5) is 25.3. The fourth-order valence-electron chi connectivity index (χ4n) is 0.957. The Kier molecular flexibility index (Phi) is 1.66. The minimum absolute atomic E-state index is 0.195. The number of carbonyl (C=O) groups excluding carboxylic acids is 1. The predicted octanol–water partition coefficient (Wildman–Crippen LogP) is 0.311. The second-order valence-electron chi connectivity index (χ2n) is 2.51. The third-order valence-corrected chi connectivity index (χ3v) is 1.46. The first-order chi connectivity index (χ1) is 6.25. The lowest BCUT2D eigenvalue weighted by Crippen LogP contribution is -2.08. The van der Waals surface area contributed by atoms with E-state index in [4.69, 9.17) is 0 Å². The first kappa shape index (κ1) is 7.66. The molecule has 0 bridgehead atoms. The van der Waals surface area contributed by atoms with Gasteiger partial charge in [0.2, 0.25) is 11.9 Å². The Labute approximate surface area is 73.4 Å². The maximum absolute atomic E-state index is 10.7. The molecular weight excluding hydrogens is 170 g/mol. The number of amides is 1. The van der Waals surface area contributed by atoms with Crippen LogP contribution < -0.4 is 5.32 Å². The van der Waals surface area contributed by atoms with E-state index in [0.29, 0.717) is 11.2 Å². The van der Waals surface area contributed by atoms with E-state index in [-0.39, 0.29) is 11.9 Å². The Morgan fingerprint density at radius 3 is 3.15 bits per heavy atom. The summed E-state index contributed by atoms with van der Waals surface area (Å²) in [5, 5.41) is 2.48. The number of hydrogen-bond acceptors (Lipinski definition) is 4. The van der Waals surface area contributed by atoms with Crippen LogP contribution in [0.4, 0.5) is 5.95 Å². The van der Waals surface area contributed by atoms with Crippen molar-refractivity contribution in [1.29, 1.82) is 0 Å². The summed E-state index contributed by atoms with van der Waals surface area (Å²) in [6.45, 7) is 1.40. The fourth-order valence-corrected chi connectivity index (χ4v) is 0.957. The Bertz CT molecular complexity index is 449. The summed E-state index contributed by atoms with van der Waals surface area (Å²) in [5.41, 5.74) is 1.29. The quantitative estimate of drug-likeness (QED) is 0.656. The Morgan fingerprint density at radius 1 is 1.54 bits per heavy atom. The molecule has 0 saturated carbocycles. The number of hydrogen-bond donors (Lipinski definition) is 2. The molecule has 0 fully saturated rings. The topological polar surface area (TPSA) is 83.6 Å². The van der Waals surface area contributed by atoms with Gasteiger partial charge >= 0.3 is 0 Å². The van der Waals surface area contributed by atoms with Crippen molar-refractivity contribution in [1.82, 2.24) is 19.9 Å². The number of aromatic amines is 1. The fraction of sp³-hybridized carbons (Fsp3) is 0.143. The van der Waals surface area contributed by atoms with Gasteiger partial charge in [0.1, 0.15) is 5.52 Å². The number of H-pyrrole nitrogens is 1. The zero-order chi connectivity index (χ0) is 9.26. The molecule has 0 spiro atoms. The molecule has 0 aliphatic rings. The van der Waals surface area contributed by atoms with Crippen molar-refractivity contribution < 1.29 is 4.79 Å². The van der Waals surface area contributed by atoms with Gasteiger partial charge in [-0.2, -0.15) is 4.98 Å². The largest absolute Gasteiger partial charge is 0.329 e. The van der Waals surface area contributed by atoms with Crippen LogP contribution in [0.3, 0.4) is 0 Å². The van der Waals surface area contributed by atoms with Crippen molar-refractivity contribution in [3.63, 3.8) is 0 Å². The number of rotatable bonds is 1. The van der Waals surface area contributed by atoms with Gasteiger partial charge in [-0.05, 0) is 0 Å². The smallest absolute Gasteiger partial charge is 0.231 e. The zero-order valence-corrected chi connectivity index (χ0v) is 6.90. The zero-order valence-electron chi connectivity index (χ0n) is 6.90. The molecule has 66 valence electrons. The highest BCUT2D eigenvalue weighted by molar-refractivity contribution is 5.87. The molecule has 0 radical (unpaired) electrons. The number of nitrogens with one attached hydrogen (secondary N) is 2. The van der Waals surface area contributed by atoms with Crippen molar-refractivity contribution >= 4 is 23.0 Å². The summed E-state index contributed by atoms with van der Waals surface area (Å²) >= 11 is 0. The molecule has 0 aliphatic carbocycles. The van der Waals surface area contributed by atoms with E-state index in [0.717, 1.165) is 0 Å². The lowest BCUT2D eigenvalue weighted by molar-refractivity contribution is -0.114. The summed E-state index contributed by atoms with van der Waals surface area (Å²) in [7, 11) is 0. The van der Waals surface area contributed by atoms with Crippen LogP contribution in [0.25, 0.3) is 11.2 Å². The SMILES string of the molecule is CC(=O)Nc1ncc2nc[nH]c2n1. The van der Waals surface area contributed by atoms with Gasteiger partial charge in [-0.1, -0.05) is 0 Å². The Hall–Kier alpha value is -1.98. The van der Waals surface area contributed by atoms with E-state index in [1.54, 1.807) is 6.20 Å². The lowest BCUT2D eigenvalue weighted by Gasteiger charge is -1.97. The van der Waals surface area contributed by atoms with Gasteiger partial charge in [0.15, 0.2) is 5.65 Å². The molecule has 2 rings (SSSR count). The third kappa shape index (κ3) is 1.46. The minimum Gasteiger partial charge on any atom is -0.329 e. The number of fused-ring (bicyclic) bond motifs is 1. The van der Waals surface area contributed by atoms with Crippen LogP contribution in [-0.4, -0.2) is 25.8 Å². The minimum atomic E-state index is -0.195. The average molecular weight is 177 g/mol. The Balaban J connectivity index is 2.42. The molecule has 0 atom stereocenters. The molecule has 2 aromatic heterocycles. The van der Waals surface area contributed by atoms with Gasteiger partial charge in [-0.25, -0.2) is 9.97 Å². The molecule has 0 aliphatic heterocycles. The molecule has 6 heteroatoms. The molecule has 0 saturated heterocycles. The van der Waals surface area contributed by atoms with E-state index >= 15 is 0 Å². The standard InChI is InChI=1S/C7H7N5O/c1-4(13)11-7-8-2-5-6(12-7)10-3-9-5/h2-3H,1H3,(H2,8,9,10,11,12,13). The number of anilines is 1. The molecule has 0 unspecified atom stereocenters. The number of nitrogens with zero attached hydrogens (tertiary/aromatic N) is 3. The maximum Gasteiger partial charge on any atom is 0.231 e. The van der Waals surface area contributed by atoms with Gasteiger partial charge in [0.25, 0.3) is 0 Å². The van der Waals surface area contributed by atoms with Gasteiger partial charge in [0.05, 0.1) is 12.5 Å². The van der Waals surface area contributed by atoms with E-state index in [9.17, 15) is 4.79 Å². The van der Waals surface area contributed by atoms with E-state index in [1.807, 2.05) is 0 Å². The van der Waals surface area contributed by atoms with E-state index < -0.39 is 0 Å². The highest BCUT2D eigenvalue weighted by atomic mass is 16.1. The van der Waals surface area contributed by atoms with Crippen LogP contribution >= 0.6 is 0 Å². The first-order valence-corrected chi connectivity index (χ1v) is 3.69. The number of imidazole rings is 1. The van der Waals surface area contributed by atoms with Gasteiger partial charge in [-0.3, -0.25) is 10.1 Å². The molecule has 2 aromatic rings. The van der Waals surface area contributed by atoms with Crippen LogP contribution in [0.2, 0.25) is 0 Å². The molecule has 2 N–H and O–H groups in total. The molecule has 0 aromatic carbocycles. The molecule has 6 nitrogen and oxygen atoms in total. The normalized spacial score (nSPS) is 10.2. The highest BCUT2D eigenvalue weighted by Crippen LogP contribution is 2.06. The molecule has 1 amide bonds. The molecule has 13 heavy (non-hydrogen) atoms. The monoisotopic (exact) mass is 177 g/mol. The second kappa shape index (κ2) is 2.81. The van der Waals surface area contributed by atoms with Gasteiger partial charge in [-0.15, -0.1) is 0 Å². The van der Waals surface area contributed by atoms with Crippen LogP contribution in [0.15, 0.2) is 12.5 Å². The van der Waals surface area contributed by atoms with Crippen molar-refractivity contribution in [2.75, 3.05) is 5.32 Å². The molecular formula is C7H7N5O. The lowest BCUT2D eigenvalue weighted by atomic mass is 10.5. The van der Waals surface area contributed by atoms with Crippen molar-refractivity contribution in [2.45, 2.75) is 6.92 Å². The van der Waals surface area contributed by atoms with Crippen LogP contribution in [0, 0.1) is 0 Å². The predicted molar refractivity (Wildman–Crippen MR) is 46.0 cm³/mol. The van der Waals surface area contributed by atoms with Gasteiger partial charge in [0, 0.05) is 6.92 Å². The average Bonchev–Trinajstić information content (AvgIpc) is 2.49. The Morgan fingerprint density at radius 2 is 2.38 bits per heavy atom. The third-order valence-electron chi connectivity index (χ3n) is 1.46. The number of aromatic nitrogens is 4. The summed E-state index contributed by atoms with van der Waals surface area (Å²) in [6, 6.07) is 0. The van der Waals surface area contributed by atoms with Crippen molar-refractivity contribution in [3.05, 3.63) is 12.5 Å². The van der Waals surface area contributed by atoms with Gasteiger partial charge < -0.3 is 4.98 Å². The highest BCUT2D eigenvalue weighted by Gasteiger charge is 2.01. The first-order valence-electron chi connectivity index (χ1n) is 3.69. The van der Waals surface area contributed by atoms with Crippen LogP contribution in [0.5, 0.6) is 0 Å². The summed E-state index contributed by atoms with van der Waals surface area (Å²) < 4.78 is 0. The van der Waals surface area contributed by atoms with Crippen LogP contribution in [0.1, 0.15) is 6.92 Å². The van der Waals surface area contributed by atoms with E-state index in [2.05, 4.69) is 25.3 Å². The summed E-state index contributed by atoms with van der Waals surface area (Å²) in [6.07, 6.45) is 3.07. The summed E-state index contributed by atoms with van der Waals surface area (Å²) in [5.74, 6) is 0.0862. The molecule has 2 heterocycles. The van der Waals surface area contributed by atoms with E-state index in [1.165, 1.54) is 13.3 Å².